The SMILES string of the molecule is O=C1C(O)=C(c2ccc(Cl)cc2)[C@H](c2ccc(Cl)cc2)N1Cc1ccc(F)cc1. The second-order valence-electron chi connectivity index (χ2n) is 6.78. The smallest absolute Gasteiger partial charge is 0.290 e. The molecule has 1 aliphatic rings. The lowest BCUT2D eigenvalue weighted by Crippen LogP contribution is -2.29. The molecule has 1 N–H and O–H groups in total. The summed E-state index contributed by atoms with van der Waals surface area (Å²) in [6.07, 6.45) is 0. The molecule has 29 heavy (non-hydrogen) atoms. The van der Waals surface area contributed by atoms with Gasteiger partial charge in [0, 0.05) is 22.2 Å². The van der Waals surface area contributed by atoms with Crippen molar-refractivity contribution in [3.05, 3.63) is 111 Å². The van der Waals surface area contributed by atoms with Crippen LogP contribution in [0.3, 0.4) is 0 Å². The average molecular weight is 428 g/mol. The van der Waals surface area contributed by atoms with Crippen LogP contribution in [0, 0.1) is 5.82 Å². The molecule has 6 heteroatoms. The number of aliphatic hydroxyl groups is 1. The van der Waals surface area contributed by atoms with Crippen LogP contribution in [-0.2, 0) is 11.3 Å². The Morgan fingerprint density at radius 2 is 1.41 bits per heavy atom. The molecule has 3 aromatic carbocycles. The summed E-state index contributed by atoms with van der Waals surface area (Å²) in [4.78, 5) is 14.5. The fourth-order valence-corrected chi connectivity index (χ4v) is 3.77. The lowest BCUT2D eigenvalue weighted by atomic mass is 9.93. The molecule has 4 rings (SSSR count). The highest BCUT2D eigenvalue weighted by molar-refractivity contribution is 6.30. The molecule has 0 aromatic heterocycles. The van der Waals surface area contributed by atoms with Gasteiger partial charge in [-0.2, -0.15) is 0 Å². The topological polar surface area (TPSA) is 40.5 Å². The maximum atomic E-state index is 13.3. The molecule has 0 radical (unpaired) electrons. The third kappa shape index (κ3) is 3.86. The van der Waals surface area contributed by atoms with Crippen molar-refractivity contribution in [1.82, 2.24) is 4.90 Å². The van der Waals surface area contributed by atoms with E-state index in [1.54, 1.807) is 53.4 Å². The van der Waals surface area contributed by atoms with Crippen LogP contribution < -0.4 is 0 Å². The molecule has 0 aliphatic carbocycles. The highest BCUT2D eigenvalue weighted by atomic mass is 35.5. The zero-order valence-electron chi connectivity index (χ0n) is 15.1. The molecule has 1 aliphatic heterocycles. The summed E-state index contributed by atoms with van der Waals surface area (Å²) in [6.45, 7) is 0.216. The van der Waals surface area contributed by atoms with E-state index in [-0.39, 0.29) is 18.1 Å². The lowest BCUT2D eigenvalue weighted by Gasteiger charge is -2.27. The maximum absolute atomic E-state index is 13.3. The number of carbonyl (C=O) groups is 1. The van der Waals surface area contributed by atoms with Crippen LogP contribution in [-0.4, -0.2) is 15.9 Å². The quantitative estimate of drug-likeness (QED) is 0.539. The van der Waals surface area contributed by atoms with Gasteiger partial charge in [0.05, 0.1) is 6.04 Å². The Bertz CT molecular complexity index is 1080. The Labute approximate surface area is 177 Å². The van der Waals surface area contributed by atoms with Crippen LogP contribution in [0.25, 0.3) is 5.57 Å². The molecule has 1 heterocycles. The average Bonchev–Trinajstić information content (AvgIpc) is 2.96. The number of benzene rings is 3. The summed E-state index contributed by atoms with van der Waals surface area (Å²) in [7, 11) is 0. The summed E-state index contributed by atoms with van der Waals surface area (Å²) in [5.74, 6) is -1.15. The van der Waals surface area contributed by atoms with Crippen molar-refractivity contribution in [1.29, 1.82) is 0 Å². The molecular formula is C23H16Cl2FNO2. The maximum Gasteiger partial charge on any atom is 0.290 e. The Balaban J connectivity index is 1.80. The van der Waals surface area contributed by atoms with Crippen molar-refractivity contribution in [3.8, 4) is 0 Å². The Morgan fingerprint density at radius 1 is 0.862 bits per heavy atom. The minimum atomic E-state index is -0.522. The number of carbonyl (C=O) groups excluding carboxylic acids is 1. The van der Waals surface area contributed by atoms with Gasteiger partial charge in [0.15, 0.2) is 5.76 Å². The van der Waals surface area contributed by atoms with Crippen LogP contribution in [0.2, 0.25) is 10.0 Å². The Morgan fingerprint density at radius 3 is 2.00 bits per heavy atom. The fraction of sp³-hybridized carbons (Fsp3) is 0.0870. The van der Waals surface area contributed by atoms with Crippen molar-refractivity contribution in [2.45, 2.75) is 12.6 Å². The first-order valence-corrected chi connectivity index (χ1v) is 9.69. The van der Waals surface area contributed by atoms with E-state index in [9.17, 15) is 14.3 Å². The van der Waals surface area contributed by atoms with E-state index < -0.39 is 11.9 Å². The second kappa shape index (κ2) is 7.90. The molecular weight excluding hydrogens is 412 g/mol. The summed E-state index contributed by atoms with van der Waals surface area (Å²) in [5, 5.41) is 11.9. The predicted octanol–water partition coefficient (Wildman–Crippen LogP) is 6.19. The molecule has 0 unspecified atom stereocenters. The number of hydrogen-bond acceptors (Lipinski definition) is 2. The van der Waals surface area contributed by atoms with Crippen LogP contribution in [0.5, 0.6) is 0 Å². The van der Waals surface area contributed by atoms with Gasteiger partial charge >= 0.3 is 0 Å². The van der Waals surface area contributed by atoms with Gasteiger partial charge in [-0.15, -0.1) is 0 Å². The van der Waals surface area contributed by atoms with Crippen LogP contribution in [0.15, 0.2) is 78.6 Å². The minimum Gasteiger partial charge on any atom is -0.503 e. The van der Waals surface area contributed by atoms with Crippen molar-refractivity contribution < 1.29 is 14.3 Å². The van der Waals surface area contributed by atoms with Gasteiger partial charge < -0.3 is 10.0 Å². The molecule has 0 spiro atoms. The summed E-state index contributed by atoms with van der Waals surface area (Å²) < 4.78 is 13.3. The monoisotopic (exact) mass is 427 g/mol. The van der Waals surface area contributed by atoms with E-state index in [1.807, 2.05) is 12.1 Å². The predicted molar refractivity (Wildman–Crippen MR) is 112 cm³/mol. The number of halogens is 3. The molecule has 1 atom stereocenters. The molecule has 0 bridgehead atoms. The van der Waals surface area contributed by atoms with E-state index in [0.717, 1.165) is 11.1 Å². The lowest BCUT2D eigenvalue weighted by molar-refractivity contribution is -0.130. The van der Waals surface area contributed by atoms with Crippen LogP contribution >= 0.6 is 23.2 Å². The minimum absolute atomic E-state index is 0.216. The second-order valence-corrected chi connectivity index (χ2v) is 7.66. The molecule has 3 nitrogen and oxygen atoms in total. The van der Waals surface area contributed by atoms with Gasteiger partial charge in [-0.25, -0.2) is 4.39 Å². The summed E-state index contributed by atoms with van der Waals surface area (Å²) >= 11 is 12.0. The van der Waals surface area contributed by atoms with Gasteiger partial charge in [-0.05, 0) is 53.1 Å². The standard InChI is InChI=1S/C23H16Cl2FNO2/c24-17-7-3-15(4-8-17)20-21(16-5-9-18(25)10-6-16)27(23(29)22(20)28)13-14-1-11-19(26)12-2-14/h1-12,21,28H,13H2/t21-/m0/s1. The van der Waals surface area contributed by atoms with E-state index in [1.165, 1.54) is 12.1 Å². The van der Waals surface area contributed by atoms with Gasteiger partial charge in [0.1, 0.15) is 5.82 Å². The van der Waals surface area contributed by atoms with E-state index >= 15 is 0 Å². The van der Waals surface area contributed by atoms with Gasteiger partial charge in [0.25, 0.3) is 5.91 Å². The molecule has 0 saturated heterocycles. The largest absolute Gasteiger partial charge is 0.503 e. The first-order chi connectivity index (χ1) is 13.9. The van der Waals surface area contributed by atoms with Crippen molar-refractivity contribution in [3.63, 3.8) is 0 Å². The molecule has 146 valence electrons. The first kappa shape index (κ1) is 19.5. The van der Waals surface area contributed by atoms with E-state index in [0.29, 0.717) is 21.2 Å². The van der Waals surface area contributed by atoms with Crippen LogP contribution in [0.4, 0.5) is 4.39 Å². The number of rotatable bonds is 4. The highest BCUT2D eigenvalue weighted by Crippen LogP contribution is 2.44. The molecule has 0 fully saturated rings. The third-order valence-electron chi connectivity index (χ3n) is 4.91. The van der Waals surface area contributed by atoms with Gasteiger partial charge in [-0.1, -0.05) is 59.6 Å². The molecule has 1 amide bonds. The third-order valence-corrected chi connectivity index (χ3v) is 5.41. The highest BCUT2D eigenvalue weighted by Gasteiger charge is 2.40. The number of hydrogen-bond donors (Lipinski definition) is 1. The van der Waals surface area contributed by atoms with Crippen LogP contribution in [0.1, 0.15) is 22.7 Å². The normalized spacial score (nSPS) is 16.6. The first-order valence-electron chi connectivity index (χ1n) is 8.94. The van der Waals surface area contributed by atoms with E-state index in [2.05, 4.69) is 0 Å². The Kier molecular flexibility index (Phi) is 5.31. The zero-order chi connectivity index (χ0) is 20.5. The summed E-state index contributed by atoms with van der Waals surface area (Å²) in [5.41, 5.74) is 2.75. The zero-order valence-corrected chi connectivity index (χ0v) is 16.7. The van der Waals surface area contributed by atoms with E-state index in [4.69, 9.17) is 23.2 Å². The van der Waals surface area contributed by atoms with Crippen molar-refractivity contribution >= 4 is 34.7 Å². The fourth-order valence-electron chi connectivity index (χ4n) is 3.52. The molecule has 0 saturated carbocycles. The van der Waals surface area contributed by atoms with Gasteiger partial charge in [0.2, 0.25) is 0 Å². The summed E-state index contributed by atoms with van der Waals surface area (Å²) in [6, 6.07) is 19.5. The van der Waals surface area contributed by atoms with Crippen molar-refractivity contribution in [2.24, 2.45) is 0 Å². The van der Waals surface area contributed by atoms with Gasteiger partial charge in [-0.3, -0.25) is 4.79 Å². The number of aliphatic hydroxyl groups excluding tert-OH is 1. The number of amides is 1. The van der Waals surface area contributed by atoms with Crippen molar-refractivity contribution in [2.75, 3.05) is 0 Å². The Hall–Kier alpha value is -2.82. The molecule has 3 aromatic rings. The number of nitrogens with zero attached hydrogens (tertiary/aromatic N) is 1.